The van der Waals surface area contributed by atoms with Crippen LogP contribution in [0.1, 0.15) is 15.9 Å². The van der Waals surface area contributed by atoms with Gasteiger partial charge in [0.25, 0.3) is 0 Å². The molecule has 2 aromatic rings. The molecule has 0 amide bonds. The zero-order chi connectivity index (χ0) is 13.8. The summed E-state index contributed by atoms with van der Waals surface area (Å²) in [6, 6.07) is 13.4. The van der Waals surface area contributed by atoms with Crippen LogP contribution in [-0.4, -0.2) is 11.1 Å². The van der Waals surface area contributed by atoms with Crippen molar-refractivity contribution in [2.24, 2.45) is 0 Å². The first-order valence-electron chi connectivity index (χ1n) is 5.40. The van der Waals surface area contributed by atoms with E-state index in [9.17, 15) is 4.79 Å². The van der Waals surface area contributed by atoms with Gasteiger partial charge in [-0.1, -0.05) is 17.7 Å². The minimum absolute atomic E-state index is 0.0786. The molecule has 0 saturated carbocycles. The normalized spacial score (nSPS) is 9.68. The quantitative estimate of drug-likeness (QED) is 0.894. The van der Waals surface area contributed by atoms with Crippen molar-refractivity contribution in [1.29, 1.82) is 5.26 Å². The lowest BCUT2D eigenvalue weighted by atomic mass is 10.1. The van der Waals surface area contributed by atoms with E-state index in [4.69, 9.17) is 22.0 Å². The number of benzene rings is 2. The SMILES string of the molecule is N#Cc1cccc(Nc2ccc(Cl)cc2C(=O)O)c1. The molecule has 0 heterocycles. The van der Waals surface area contributed by atoms with Gasteiger partial charge in [0, 0.05) is 10.7 Å². The predicted molar refractivity (Wildman–Crippen MR) is 72.9 cm³/mol. The molecule has 19 heavy (non-hydrogen) atoms. The number of rotatable bonds is 3. The molecule has 0 aliphatic carbocycles. The molecule has 2 N–H and O–H groups in total. The Morgan fingerprint density at radius 2 is 2.05 bits per heavy atom. The van der Waals surface area contributed by atoms with Gasteiger partial charge in [-0.2, -0.15) is 5.26 Å². The minimum atomic E-state index is -1.07. The summed E-state index contributed by atoms with van der Waals surface area (Å²) >= 11 is 5.78. The second-order valence-corrected chi connectivity index (χ2v) is 4.25. The molecule has 2 aromatic carbocycles. The molecular weight excluding hydrogens is 264 g/mol. The van der Waals surface area contributed by atoms with E-state index in [1.807, 2.05) is 6.07 Å². The van der Waals surface area contributed by atoms with Gasteiger partial charge in [-0.05, 0) is 36.4 Å². The number of nitriles is 1. The van der Waals surface area contributed by atoms with Gasteiger partial charge in [-0.25, -0.2) is 4.79 Å². The number of carboxylic acid groups (broad SMARTS) is 1. The van der Waals surface area contributed by atoms with Crippen molar-refractivity contribution >= 4 is 28.9 Å². The lowest BCUT2D eigenvalue weighted by Crippen LogP contribution is -2.02. The molecule has 94 valence electrons. The van der Waals surface area contributed by atoms with Gasteiger partial charge in [-0.3, -0.25) is 0 Å². The molecule has 5 heteroatoms. The van der Waals surface area contributed by atoms with E-state index in [1.54, 1.807) is 36.4 Å². The predicted octanol–water partition coefficient (Wildman–Crippen LogP) is 3.65. The summed E-state index contributed by atoms with van der Waals surface area (Å²) in [5.74, 6) is -1.07. The van der Waals surface area contributed by atoms with Crippen LogP contribution in [0.3, 0.4) is 0 Å². The van der Waals surface area contributed by atoms with E-state index in [0.29, 0.717) is 22.0 Å². The van der Waals surface area contributed by atoms with Crippen molar-refractivity contribution in [3.63, 3.8) is 0 Å². The van der Waals surface area contributed by atoms with Crippen molar-refractivity contribution in [1.82, 2.24) is 0 Å². The summed E-state index contributed by atoms with van der Waals surface area (Å²) < 4.78 is 0. The number of anilines is 2. The van der Waals surface area contributed by atoms with Gasteiger partial charge in [-0.15, -0.1) is 0 Å². The molecule has 0 spiro atoms. The number of carboxylic acids is 1. The number of hydrogen-bond donors (Lipinski definition) is 2. The average molecular weight is 273 g/mol. The Kier molecular flexibility index (Phi) is 3.69. The van der Waals surface area contributed by atoms with Crippen LogP contribution in [0.2, 0.25) is 5.02 Å². The first-order chi connectivity index (χ1) is 9.10. The van der Waals surface area contributed by atoms with Crippen LogP contribution < -0.4 is 5.32 Å². The van der Waals surface area contributed by atoms with Crippen molar-refractivity contribution < 1.29 is 9.90 Å². The molecule has 0 unspecified atom stereocenters. The van der Waals surface area contributed by atoms with Gasteiger partial charge in [0.15, 0.2) is 0 Å². The molecule has 0 fully saturated rings. The zero-order valence-corrected chi connectivity index (χ0v) is 10.5. The van der Waals surface area contributed by atoms with Crippen LogP contribution in [-0.2, 0) is 0 Å². The monoisotopic (exact) mass is 272 g/mol. The lowest BCUT2D eigenvalue weighted by Gasteiger charge is -2.10. The van der Waals surface area contributed by atoms with Crippen molar-refractivity contribution in [3.8, 4) is 6.07 Å². The standard InChI is InChI=1S/C14H9ClN2O2/c15-10-4-5-13(12(7-10)14(18)19)17-11-3-1-2-9(6-11)8-16/h1-7,17H,(H,18,19). The maximum atomic E-state index is 11.1. The Morgan fingerprint density at radius 1 is 1.26 bits per heavy atom. The van der Waals surface area contributed by atoms with Gasteiger partial charge in [0.2, 0.25) is 0 Å². The Bertz CT molecular complexity index is 677. The third-order valence-electron chi connectivity index (χ3n) is 2.48. The molecular formula is C14H9ClN2O2. The van der Waals surface area contributed by atoms with Crippen LogP contribution in [0, 0.1) is 11.3 Å². The number of aromatic carboxylic acids is 1. The maximum absolute atomic E-state index is 11.1. The van der Waals surface area contributed by atoms with Crippen molar-refractivity contribution in [3.05, 3.63) is 58.6 Å². The zero-order valence-electron chi connectivity index (χ0n) is 9.72. The first kappa shape index (κ1) is 12.9. The van der Waals surface area contributed by atoms with Crippen LogP contribution >= 0.6 is 11.6 Å². The summed E-state index contributed by atoms with van der Waals surface area (Å²) in [4.78, 5) is 11.1. The van der Waals surface area contributed by atoms with Crippen LogP contribution in [0.15, 0.2) is 42.5 Å². The lowest BCUT2D eigenvalue weighted by molar-refractivity contribution is 0.0698. The van der Waals surface area contributed by atoms with Crippen LogP contribution in [0.4, 0.5) is 11.4 Å². The van der Waals surface area contributed by atoms with Crippen molar-refractivity contribution in [2.45, 2.75) is 0 Å². The Balaban J connectivity index is 2.38. The molecule has 0 saturated heterocycles. The number of nitrogens with one attached hydrogen (secondary N) is 1. The van der Waals surface area contributed by atoms with E-state index in [2.05, 4.69) is 5.32 Å². The van der Waals surface area contributed by atoms with Crippen LogP contribution in [0.5, 0.6) is 0 Å². The molecule has 4 nitrogen and oxygen atoms in total. The number of nitrogens with zero attached hydrogens (tertiary/aromatic N) is 1. The molecule has 0 aliphatic rings. The van der Waals surface area contributed by atoms with E-state index < -0.39 is 5.97 Å². The fraction of sp³-hybridized carbons (Fsp3) is 0. The van der Waals surface area contributed by atoms with E-state index in [0.717, 1.165) is 0 Å². The van der Waals surface area contributed by atoms with Gasteiger partial charge >= 0.3 is 5.97 Å². The Hall–Kier alpha value is -2.51. The fourth-order valence-electron chi connectivity index (χ4n) is 1.62. The molecule has 0 aliphatic heterocycles. The highest BCUT2D eigenvalue weighted by Crippen LogP contribution is 2.24. The fourth-order valence-corrected chi connectivity index (χ4v) is 1.80. The molecule has 0 atom stereocenters. The summed E-state index contributed by atoms with van der Waals surface area (Å²) in [6.45, 7) is 0. The first-order valence-corrected chi connectivity index (χ1v) is 5.78. The van der Waals surface area contributed by atoms with Crippen molar-refractivity contribution in [2.75, 3.05) is 5.32 Å². The van der Waals surface area contributed by atoms with Gasteiger partial charge < -0.3 is 10.4 Å². The summed E-state index contributed by atoms with van der Waals surface area (Å²) in [5.41, 5.74) is 1.64. The average Bonchev–Trinajstić information content (AvgIpc) is 2.41. The molecule has 0 bridgehead atoms. The Labute approximate surface area is 114 Å². The third kappa shape index (κ3) is 3.03. The van der Waals surface area contributed by atoms with Gasteiger partial charge in [0.1, 0.15) is 0 Å². The smallest absolute Gasteiger partial charge is 0.337 e. The second-order valence-electron chi connectivity index (χ2n) is 3.81. The Morgan fingerprint density at radius 3 is 2.74 bits per heavy atom. The van der Waals surface area contributed by atoms with Gasteiger partial charge in [0.05, 0.1) is 22.9 Å². The molecule has 0 radical (unpaired) electrons. The number of hydrogen-bond acceptors (Lipinski definition) is 3. The van der Waals surface area contributed by atoms with Crippen LogP contribution in [0.25, 0.3) is 0 Å². The summed E-state index contributed by atoms with van der Waals surface area (Å²) in [5, 5.41) is 21.3. The highest BCUT2D eigenvalue weighted by molar-refractivity contribution is 6.31. The highest BCUT2D eigenvalue weighted by atomic mass is 35.5. The molecule has 2 rings (SSSR count). The second kappa shape index (κ2) is 5.42. The maximum Gasteiger partial charge on any atom is 0.337 e. The molecule has 0 aromatic heterocycles. The largest absolute Gasteiger partial charge is 0.478 e. The highest BCUT2D eigenvalue weighted by Gasteiger charge is 2.11. The minimum Gasteiger partial charge on any atom is -0.478 e. The van der Waals surface area contributed by atoms with E-state index in [1.165, 1.54) is 6.07 Å². The third-order valence-corrected chi connectivity index (χ3v) is 2.72. The topological polar surface area (TPSA) is 73.1 Å². The van der Waals surface area contributed by atoms with E-state index >= 15 is 0 Å². The van der Waals surface area contributed by atoms with E-state index in [-0.39, 0.29) is 5.56 Å². The number of carbonyl (C=O) groups is 1. The summed E-state index contributed by atoms with van der Waals surface area (Å²) in [7, 11) is 0. The summed E-state index contributed by atoms with van der Waals surface area (Å²) in [6.07, 6.45) is 0. The number of halogens is 1.